The lowest BCUT2D eigenvalue weighted by Gasteiger charge is -1.95. The summed E-state index contributed by atoms with van der Waals surface area (Å²) in [5, 5.41) is 4.65. The normalized spacial score (nSPS) is 10.0. The van der Waals surface area contributed by atoms with Gasteiger partial charge in [-0.25, -0.2) is 0 Å². The number of aryl methyl sites for hydroxylation is 1. The van der Waals surface area contributed by atoms with E-state index in [0.29, 0.717) is 17.3 Å². The van der Waals surface area contributed by atoms with E-state index in [1.54, 1.807) is 10.9 Å². The van der Waals surface area contributed by atoms with Gasteiger partial charge >= 0.3 is 0 Å². The van der Waals surface area contributed by atoms with Gasteiger partial charge in [-0.1, -0.05) is 18.2 Å². The first-order valence-corrected chi connectivity index (χ1v) is 3.60. The molecule has 2 N–H and O–H groups in total. The highest BCUT2D eigenvalue weighted by Gasteiger charge is 1.99. The summed E-state index contributed by atoms with van der Waals surface area (Å²) in [5.41, 5.74) is 7.07. The van der Waals surface area contributed by atoms with Gasteiger partial charge in [0.05, 0.1) is 17.9 Å². The van der Waals surface area contributed by atoms with Crippen molar-refractivity contribution in [2.75, 3.05) is 5.73 Å². The summed E-state index contributed by atoms with van der Waals surface area (Å²) in [6.07, 6.45) is 1.74. The maximum Gasteiger partial charge on any atom is 0.0823 e. The van der Waals surface area contributed by atoms with E-state index in [1.165, 1.54) is 0 Å². The summed E-state index contributed by atoms with van der Waals surface area (Å²) in [5.74, 6) is 0. The zero-order valence-corrected chi connectivity index (χ0v) is 7.10. The Hall–Kier alpha value is -0.960. The van der Waals surface area contributed by atoms with E-state index in [0.717, 1.165) is 5.69 Å². The van der Waals surface area contributed by atoms with Crippen LogP contribution in [0, 0.1) is 6.92 Å². The molecule has 0 saturated heterocycles. The molecule has 0 amide bonds. The van der Waals surface area contributed by atoms with Crippen molar-refractivity contribution in [2.24, 2.45) is 0 Å². The van der Waals surface area contributed by atoms with Gasteiger partial charge in [0.1, 0.15) is 0 Å². The SMILES string of the molecule is C=C(Cl)Cn1cc(N)c(C)n1. The van der Waals surface area contributed by atoms with E-state index >= 15 is 0 Å². The third kappa shape index (κ3) is 1.98. The summed E-state index contributed by atoms with van der Waals surface area (Å²) in [7, 11) is 0. The van der Waals surface area contributed by atoms with Crippen LogP contribution in [0.25, 0.3) is 0 Å². The summed E-state index contributed by atoms with van der Waals surface area (Å²) < 4.78 is 1.67. The van der Waals surface area contributed by atoms with Crippen LogP contribution < -0.4 is 5.73 Å². The molecule has 1 aromatic heterocycles. The molecule has 0 aliphatic carbocycles. The molecule has 0 unspecified atom stereocenters. The molecular weight excluding hydrogens is 162 g/mol. The Morgan fingerprint density at radius 3 is 2.91 bits per heavy atom. The molecule has 3 nitrogen and oxygen atoms in total. The molecule has 1 heterocycles. The van der Waals surface area contributed by atoms with Gasteiger partial charge in [0, 0.05) is 11.2 Å². The van der Waals surface area contributed by atoms with Crippen LogP contribution in [0.4, 0.5) is 5.69 Å². The van der Waals surface area contributed by atoms with Gasteiger partial charge in [0.25, 0.3) is 0 Å². The van der Waals surface area contributed by atoms with E-state index in [1.807, 2.05) is 6.92 Å². The van der Waals surface area contributed by atoms with Crippen LogP contribution in [0.5, 0.6) is 0 Å². The molecule has 0 spiro atoms. The lowest BCUT2D eigenvalue weighted by Crippen LogP contribution is -1.97. The summed E-state index contributed by atoms with van der Waals surface area (Å²) in [6.45, 7) is 5.92. The largest absolute Gasteiger partial charge is 0.396 e. The topological polar surface area (TPSA) is 43.8 Å². The molecule has 4 heteroatoms. The predicted octanol–water partition coefficient (Wildman–Crippen LogP) is 1.53. The predicted molar refractivity (Wildman–Crippen MR) is 46.4 cm³/mol. The second kappa shape index (κ2) is 2.96. The highest BCUT2D eigenvalue weighted by molar-refractivity contribution is 6.29. The summed E-state index contributed by atoms with van der Waals surface area (Å²) >= 11 is 5.58. The molecular formula is C7H10ClN3. The standard InChI is InChI=1S/C7H10ClN3/c1-5(8)3-11-4-7(9)6(2)10-11/h4H,1,3,9H2,2H3. The zero-order valence-electron chi connectivity index (χ0n) is 6.34. The number of nitrogens with zero attached hydrogens (tertiary/aromatic N) is 2. The fourth-order valence-electron chi connectivity index (χ4n) is 0.790. The van der Waals surface area contributed by atoms with Crippen molar-refractivity contribution in [3.05, 3.63) is 23.5 Å². The first-order chi connectivity index (χ1) is 5.09. The molecule has 0 aromatic carbocycles. The van der Waals surface area contributed by atoms with Crippen molar-refractivity contribution in [1.82, 2.24) is 9.78 Å². The quantitative estimate of drug-likeness (QED) is 0.734. The highest BCUT2D eigenvalue weighted by atomic mass is 35.5. The Balaban J connectivity index is 2.81. The molecule has 1 rings (SSSR count). The average Bonchev–Trinajstić information content (AvgIpc) is 2.10. The Kier molecular flexibility index (Phi) is 2.19. The van der Waals surface area contributed by atoms with Gasteiger partial charge in [-0.2, -0.15) is 5.10 Å². The van der Waals surface area contributed by atoms with Crippen LogP contribution in [-0.4, -0.2) is 9.78 Å². The Morgan fingerprint density at radius 1 is 1.91 bits per heavy atom. The van der Waals surface area contributed by atoms with Crippen LogP contribution in [0.15, 0.2) is 17.8 Å². The summed E-state index contributed by atoms with van der Waals surface area (Å²) in [6, 6.07) is 0. The van der Waals surface area contributed by atoms with Gasteiger partial charge in [-0.3, -0.25) is 4.68 Å². The second-order valence-electron chi connectivity index (χ2n) is 2.38. The first kappa shape index (κ1) is 8.14. The lowest BCUT2D eigenvalue weighted by molar-refractivity contribution is 0.688. The summed E-state index contributed by atoms with van der Waals surface area (Å²) in [4.78, 5) is 0. The maximum absolute atomic E-state index is 5.58. The molecule has 11 heavy (non-hydrogen) atoms. The highest BCUT2D eigenvalue weighted by Crippen LogP contribution is 2.09. The molecule has 0 aliphatic rings. The van der Waals surface area contributed by atoms with Crippen molar-refractivity contribution >= 4 is 17.3 Å². The Bertz CT molecular complexity index is 258. The number of allylic oxidation sites excluding steroid dienone is 1. The van der Waals surface area contributed by atoms with E-state index in [-0.39, 0.29) is 0 Å². The molecule has 1 aromatic rings. The zero-order chi connectivity index (χ0) is 8.43. The van der Waals surface area contributed by atoms with Gasteiger partial charge < -0.3 is 5.73 Å². The number of nitrogens with two attached hydrogens (primary N) is 1. The first-order valence-electron chi connectivity index (χ1n) is 3.22. The molecule has 0 bridgehead atoms. The lowest BCUT2D eigenvalue weighted by atomic mass is 10.4. The van der Waals surface area contributed by atoms with Crippen molar-refractivity contribution in [1.29, 1.82) is 0 Å². The van der Waals surface area contributed by atoms with Crippen LogP contribution >= 0.6 is 11.6 Å². The molecule has 0 atom stereocenters. The molecule has 0 saturated carbocycles. The number of nitrogen functional groups attached to an aromatic ring is 1. The maximum atomic E-state index is 5.58. The molecule has 0 radical (unpaired) electrons. The fourth-order valence-corrected chi connectivity index (χ4v) is 0.912. The van der Waals surface area contributed by atoms with E-state index < -0.39 is 0 Å². The smallest absolute Gasteiger partial charge is 0.0823 e. The minimum atomic E-state index is 0.513. The van der Waals surface area contributed by atoms with Crippen LogP contribution in [-0.2, 0) is 6.54 Å². The molecule has 60 valence electrons. The molecule has 0 aliphatic heterocycles. The third-order valence-electron chi connectivity index (χ3n) is 1.32. The van der Waals surface area contributed by atoms with E-state index in [9.17, 15) is 0 Å². The number of anilines is 1. The van der Waals surface area contributed by atoms with Gasteiger partial charge in [-0.05, 0) is 6.92 Å². The number of hydrogen-bond acceptors (Lipinski definition) is 2. The monoisotopic (exact) mass is 171 g/mol. The number of aromatic nitrogens is 2. The van der Waals surface area contributed by atoms with Crippen LogP contribution in [0.3, 0.4) is 0 Å². The van der Waals surface area contributed by atoms with Crippen molar-refractivity contribution in [3.63, 3.8) is 0 Å². The van der Waals surface area contributed by atoms with Crippen LogP contribution in [0.1, 0.15) is 5.69 Å². The van der Waals surface area contributed by atoms with Gasteiger partial charge in [0.15, 0.2) is 0 Å². The number of hydrogen-bond donors (Lipinski definition) is 1. The number of halogens is 1. The fraction of sp³-hybridized carbons (Fsp3) is 0.286. The van der Waals surface area contributed by atoms with Crippen LogP contribution in [0.2, 0.25) is 0 Å². The van der Waals surface area contributed by atoms with Crippen molar-refractivity contribution in [3.8, 4) is 0 Å². The third-order valence-corrected chi connectivity index (χ3v) is 1.44. The van der Waals surface area contributed by atoms with Crippen molar-refractivity contribution in [2.45, 2.75) is 13.5 Å². The molecule has 0 fully saturated rings. The van der Waals surface area contributed by atoms with Gasteiger partial charge in [-0.15, -0.1) is 0 Å². The van der Waals surface area contributed by atoms with Crippen molar-refractivity contribution < 1.29 is 0 Å². The Morgan fingerprint density at radius 2 is 2.55 bits per heavy atom. The average molecular weight is 172 g/mol. The van der Waals surface area contributed by atoms with E-state index in [2.05, 4.69) is 11.7 Å². The minimum Gasteiger partial charge on any atom is -0.396 e. The Labute approximate surface area is 70.5 Å². The second-order valence-corrected chi connectivity index (χ2v) is 2.92. The minimum absolute atomic E-state index is 0.513. The van der Waals surface area contributed by atoms with E-state index in [4.69, 9.17) is 17.3 Å². The van der Waals surface area contributed by atoms with Gasteiger partial charge in [0.2, 0.25) is 0 Å². The number of rotatable bonds is 2.